The fraction of sp³-hybridized carbons (Fsp3) is 0.538. The van der Waals surface area contributed by atoms with Crippen LogP contribution in [-0.4, -0.2) is 16.1 Å². The van der Waals surface area contributed by atoms with Crippen molar-refractivity contribution in [3.63, 3.8) is 0 Å². The third kappa shape index (κ3) is 4.50. The summed E-state index contributed by atoms with van der Waals surface area (Å²) in [6.45, 7) is 1.71. The lowest BCUT2D eigenvalue weighted by molar-refractivity contribution is -0.147. The van der Waals surface area contributed by atoms with Crippen LogP contribution >= 0.6 is 11.8 Å². The van der Waals surface area contributed by atoms with E-state index in [0.29, 0.717) is 35.5 Å². The molecule has 1 rings (SSSR count). The van der Waals surface area contributed by atoms with Gasteiger partial charge >= 0.3 is 12.4 Å². The van der Waals surface area contributed by atoms with E-state index in [1.54, 1.807) is 6.92 Å². The summed E-state index contributed by atoms with van der Waals surface area (Å²) in [5.74, 6) is 0. The molecule has 0 fully saturated rings. The van der Waals surface area contributed by atoms with Gasteiger partial charge in [0.1, 0.15) is 6.23 Å². The molecule has 0 bridgehead atoms. The lowest BCUT2D eigenvalue weighted by Gasteiger charge is -2.26. The second-order valence-corrected chi connectivity index (χ2v) is 5.05. The quantitative estimate of drug-likeness (QED) is 0.461. The first-order valence-corrected chi connectivity index (χ1v) is 6.71. The lowest BCUT2D eigenvalue weighted by Crippen LogP contribution is -2.27. The zero-order valence-corrected chi connectivity index (χ0v) is 12.2. The Balaban J connectivity index is 3.40. The second kappa shape index (κ2) is 7.06. The molecule has 1 atom stereocenters. The first-order valence-electron chi connectivity index (χ1n) is 6.38. The molecule has 1 N–H and O–H groups in total. The molecule has 0 aliphatic rings. The van der Waals surface area contributed by atoms with Crippen LogP contribution in [0.4, 0.5) is 26.3 Å². The lowest BCUT2D eigenvalue weighted by atomic mass is 9.98. The molecular weight excluding hydrogens is 336 g/mol. The number of nitrogens with zero attached hydrogens (tertiary/aromatic N) is 1. The molecule has 0 saturated heterocycles. The monoisotopic (exact) mass is 349 g/mol. The fourth-order valence-electron chi connectivity index (χ4n) is 1.91. The van der Waals surface area contributed by atoms with Crippen LogP contribution in [0.1, 0.15) is 42.7 Å². The van der Waals surface area contributed by atoms with Crippen LogP contribution in [0.25, 0.3) is 0 Å². The number of rotatable bonds is 5. The Bertz CT molecular complexity index is 470. The SMILES string of the molecule is CCCCN(Cl)C(O)c1c(C(F)(F)F)cccc1C(F)(F)F. The third-order valence-electron chi connectivity index (χ3n) is 2.97. The molecule has 0 heterocycles. The molecule has 1 unspecified atom stereocenters. The molecule has 2 nitrogen and oxygen atoms in total. The van der Waals surface area contributed by atoms with Gasteiger partial charge in [0.25, 0.3) is 0 Å². The summed E-state index contributed by atoms with van der Waals surface area (Å²) < 4.78 is 78.3. The number of alkyl halides is 6. The van der Waals surface area contributed by atoms with Crippen LogP contribution < -0.4 is 0 Å². The predicted molar refractivity (Wildman–Crippen MR) is 68.9 cm³/mol. The van der Waals surface area contributed by atoms with Crippen molar-refractivity contribution in [1.29, 1.82) is 0 Å². The minimum atomic E-state index is -5.04. The van der Waals surface area contributed by atoms with Gasteiger partial charge in [0.2, 0.25) is 0 Å². The molecule has 0 amide bonds. The molecule has 0 aliphatic heterocycles. The van der Waals surface area contributed by atoms with Gasteiger partial charge < -0.3 is 5.11 Å². The second-order valence-electron chi connectivity index (χ2n) is 4.61. The first-order chi connectivity index (χ1) is 10.00. The van der Waals surface area contributed by atoms with E-state index in [1.165, 1.54) is 0 Å². The van der Waals surface area contributed by atoms with E-state index in [4.69, 9.17) is 11.8 Å². The summed E-state index contributed by atoms with van der Waals surface area (Å²) in [6, 6.07) is 1.61. The van der Waals surface area contributed by atoms with Crippen molar-refractivity contribution >= 4 is 11.8 Å². The van der Waals surface area contributed by atoms with Crippen LogP contribution in [0.15, 0.2) is 18.2 Å². The molecule has 0 radical (unpaired) electrons. The van der Waals surface area contributed by atoms with Crippen molar-refractivity contribution in [2.45, 2.75) is 38.3 Å². The Labute approximate surface area is 128 Å². The van der Waals surface area contributed by atoms with E-state index in [9.17, 15) is 31.4 Å². The van der Waals surface area contributed by atoms with Gasteiger partial charge in [-0.25, -0.2) is 0 Å². The van der Waals surface area contributed by atoms with Crippen molar-refractivity contribution < 1.29 is 31.4 Å². The van der Waals surface area contributed by atoms with E-state index < -0.39 is 35.3 Å². The van der Waals surface area contributed by atoms with Gasteiger partial charge in [-0.1, -0.05) is 19.4 Å². The summed E-state index contributed by atoms with van der Waals surface area (Å²) in [5.41, 5.74) is -4.40. The number of aliphatic hydroxyl groups is 1. The maximum Gasteiger partial charge on any atom is 0.416 e. The summed E-state index contributed by atoms with van der Waals surface area (Å²) in [6.07, 6.45) is -11.3. The molecular formula is C13H14ClF6NO. The Kier molecular flexibility index (Phi) is 6.11. The number of unbranched alkanes of at least 4 members (excludes halogenated alkanes) is 1. The van der Waals surface area contributed by atoms with Gasteiger partial charge in [0.05, 0.1) is 11.1 Å². The summed E-state index contributed by atoms with van der Waals surface area (Å²) in [4.78, 5) is 0. The molecule has 0 aromatic heterocycles. The standard InChI is InChI=1S/C13H14ClF6NO/c1-2-3-7-21(14)11(22)10-8(12(15,16)17)5-4-6-9(10)13(18,19)20/h4-6,11,22H,2-3,7H2,1H3. The van der Waals surface area contributed by atoms with Crippen LogP contribution in [-0.2, 0) is 12.4 Å². The molecule has 0 saturated carbocycles. The predicted octanol–water partition coefficient (Wildman–Crippen LogP) is 4.97. The molecule has 0 spiro atoms. The van der Waals surface area contributed by atoms with E-state index in [1.807, 2.05) is 0 Å². The highest BCUT2D eigenvalue weighted by Crippen LogP contribution is 2.43. The molecule has 0 aliphatic carbocycles. The van der Waals surface area contributed by atoms with Gasteiger partial charge in [-0.05, 0) is 30.3 Å². The third-order valence-corrected chi connectivity index (χ3v) is 3.32. The summed E-state index contributed by atoms with van der Waals surface area (Å²) in [7, 11) is 0. The first kappa shape index (κ1) is 19.1. The van der Waals surface area contributed by atoms with Crippen molar-refractivity contribution in [2.24, 2.45) is 0 Å². The molecule has 126 valence electrons. The van der Waals surface area contributed by atoms with E-state index >= 15 is 0 Å². The minimum absolute atomic E-state index is 0.0529. The number of halogens is 7. The molecule has 9 heteroatoms. The highest BCUT2D eigenvalue weighted by atomic mass is 35.5. The van der Waals surface area contributed by atoms with Gasteiger partial charge in [-0.3, -0.25) is 0 Å². The highest BCUT2D eigenvalue weighted by Gasteiger charge is 2.43. The van der Waals surface area contributed by atoms with Crippen LogP contribution in [0.3, 0.4) is 0 Å². The summed E-state index contributed by atoms with van der Waals surface area (Å²) >= 11 is 5.64. The normalized spacial score (nSPS) is 14.5. The zero-order valence-electron chi connectivity index (χ0n) is 11.5. The zero-order chi connectivity index (χ0) is 17.1. The Morgan fingerprint density at radius 1 is 1.09 bits per heavy atom. The number of hydrogen-bond acceptors (Lipinski definition) is 2. The topological polar surface area (TPSA) is 23.5 Å². The number of aliphatic hydroxyl groups excluding tert-OH is 1. The average molecular weight is 350 g/mol. The smallest absolute Gasteiger partial charge is 0.373 e. The Morgan fingerprint density at radius 2 is 1.55 bits per heavy atom. The summed E-state index contributed by atoms with van der Waals surface area (Å²) in [5, 5.41) is 9.90. The van der Waals surface area contributed by atoms with Crippen molar-refractivity contribution in [3.05, 3.63) is 34.9 Å². The average Bonchev–Trinajstić information content (AvgIpc) is 2.41. The van der Waals surface area contributed by atoms with Crippen molar-refractivity contribution in [1.82, 2.24) is 4.42 Å². The van der Waals surface area contributed by atoms with Crippen molar-refractivity contribution in [3.8, 4) is 0 Å². The largest absolute Gasteiger partial charge is 0.416 e. The van der Waals surface area contributed by atoms with E-state index in [0.717, 1.165) is 0 Å². The molecule has 1 aromatic carbocycles. The fourth-order valence-corrected chi connectivity index (χ4v) is 2.13. The maximum atomic E-state index is 13.0. The highest BCUT2D eigenvalue weighted by molar-refractivity contribution is 6.13. The number of hydrogen-bond donors (Lipinski definition) is 1. The van der Waals surface area contributed by atoms with Crippen LogP contribution in [0.5, 0.6) is 0 Å². The van der Waals surface area contributed by atoms with E-state index in [-0.39, 0.29) is 6.54 Å². The van der Waals surface area contributed by atoms with Gasteiger partial charge in [0, 0.05) is 12.1 Å². The Hall–Kier alpha value is -0.990. The maximum absolute atomic E-state index is 13.0. The Morgan fingerprint density at radius 3 is 1.91 bits per heavy atom. The van der Waals surface area contributed by atoms with E-state index in [2.05, 4.69) is 0 Å². The van der Waals surface area contributed by atoms with Gasteiger partial charge in [0.15, 0.2) is 0 Å². The molecule has 1 aromatic rings. The van der Waals surface area contributed by atoms with Crippen LogP contribution in [0, 0.1) is 0 Å². The minimum Gasteiger partial charge on any atom is -0.373 e. The number of benzene rings is 1. The van der Waals surface area contributed by atoms with Crippen LogP contribution in [0.2, 0.25) is 0 Å². The van der Waals surface area contributed by atoms with Gasteiger partial charge in [-0.2, -0.15) is 30.8 Å². The van der Waals surface area contributed by atoms with Gasteiger partial charge in [-0.15, -0.1) is 0 Å². The molecule has 22 heavy (non-hydrogen) atoms. The van der Waals surface area contributed by atoms with Crippen molar-refractivity contribution in [2.75, 3.05) is 6.54 Å².